The minimum atomic E-state index is -3.39. The van der Waals surface area contributed by atoms with Gasteiger partial charge in [0, 0.05) is 20.4 Å². The molecule has 13 heavy (non-hydrogen) atoms. The van der Waals surface area contributed by atoms with E-state index < -0.39 is 9.05 Å². The summed E-state index contributed by atoms with van der Waals surface area (Å²) in [6.07, 6.45) is 0.435. The van der Waals surface area contributed by atoms with Crippen LogP contribution in [-0.2, 0) is 15.5 Å². The van der Waals surface area contributed by atoms with Gasteiger partial charge in [-0.1, -0.05) is 11.6 Å². The Morgan fingerprint density at radius 1 is 1.54 bits per heavy atom. The van der Waals surface area contributed by atoms with Crippen molar-refractivity contribution in [2.45, 2.75) is 13.3 Å². The topological polar surface area (TPSA) is 34.1 Å². The largest absolute Gasteiger partial charge is 0.232 e. The lowest BCUT2D eigenvalue weighted by atomic mass is 10.4. The minimum Gasteiger partial charge on any atom is -0.212 e. The predicted octanol–water partition coefficient (Wildman–Crippen LogP) is 2.82. The zero-order valence-electron chi connectivity index (χ0n) is 6.88. The fraction of sp³-hybridized carbons (Fsp3) is 0.429. The number of halogens is 2. The van der Waals surface area contributed by atoms with Crippen LogP contribution in [0, 0.1) is 6.92 Å². The molecule has 0 aliphatic carbocycles. The van der Waals surface area contributed by atoms with Crippen LogP contribution >= 0.6 is 33.6 Å². The summed E-state index contributed by atoms with van der Waals surface area (Å²) in [5, 5.41) is 0.687. The van der Waals surface area contributed by atoms with E-state index in [0.29, 0.717) is 11.4 Å². The van der Waals surface area contributed by atoms with E-state index in [4.69, 9.17) is 22.3 Å². The number of aryl methyl sites for hydroxylation is 2. The Kier molecular flexibility index (Phi) is 3.63. The van der Waals surface area contributed by atoms with Gasteiger partial charge in [0.15, 0.2) is 0 Å². The smallest absolute Gasteiger partial charge is 0.212 e. The van der Waals surface area contributed by atoms with Crippen LogP contribution in [0.3, 0.4) is 0 Å². The van der Waals surface area contributed by atoms with E-state index in [0.717, 1.165) is 9.75 Å². The third kappa shape index (κ3) is 3.85. The van der Waals surface area contributed by atoms with Gasteiger partial charge >= 0.3 is 0 Å². The average Bonchev–Trinajstić information content (AvgIpc) is 2.27. The molecular weight excluding hydrogens is 251 g/mol. The van der Waals surface area contributed by atoms with Crippen molar-refractivity contribution < 1.29 is 8.42 Å². The first-order valence-corrected chi connectivity index (χ1v) is 7.23. The molecule has 1 rings (SSSR count). The molecule has 2 nitrogen and oxygen atoms in total. The summed E-state index contributed by atoms with van der Waals surface area (Å²) < 4.78 is 21.3. The molecule has 6 heteroatoms. The Hall–Kier alpha value is 0.230. The van der Waals surface area contributed by atoms with Crippen molar-refractivity contribution in [2.75, 3.05) is 5.75 Å². The van der Waals surface area contributed by atoms with E-state index in [2.05, 4.69) is 0 Å². The van der Waals surface area contributed by atoms with Crippen LogP contribution in [0.25, 0.3) is 0 Å². The summed E-state index contributed by atoms with van der Waals surface area (Å²) in [4.78, 5) is 1.95. The molecule has 1 aromatic rings. The molecule has 0 spiro atoms. The van der Waals surface area contributed by atoms with E-state index in [9.17, 15) is 8.42 Å². The predicted molar refractivity (Wildman–Crippen MR) is 57.4 cm³/mol. The van der Waals surface area contributed by atoms with Crippen molar-refractivity contribution in [3.8, 4) is 0 Å². The quantitative estimate of drug-likeness (QED) is 0.782. The average molecular weight is 259 g/mol. The van der Waals surface area contributed by atoms with Crippen LogP contribution in [0.2, 0.25) is 5.02 Å². The van der Waals surface area contributed by atoms with Gasteiger partial charge in [0.25, 0.3) is 0 Å². The Labute approximate surface area is 90.9 Å². The number of hydrogen-bond acceptors (Lipinski definition) is 3. The minimum absolute atomic E-state index is 0.0369. The van der Waals surface area contributed by atoms with E-state index in [1.54, 1.807) is 6.07 Å². The molecule has 0 saturated carbocycles. The molecule has 0 unspecified atom stereocenters. The third-order valence-corrected chi connectivity index (χ3v) is 4.27. The standard InChI is InChI=1S/C7H8Cl2O2S2/c1-5-7(8)4-6(12-5)2-3-13(9,10)11/h4H,2-3H2,1H3. The van der Waals surface area contributed by atoms with Gasteiger partial charge in [0.2, 0.25) is 9.05 Å². The summed E-state index contributed by atoms with van der Waals surface area (Å²) in [5.74, 6) is -0.0369. The number of hydrogen-bond donors (Lipinski definition) is 0. The van der Waals surface area contributed by atoms with Gasteiger partial charge in [-0.3, -0.25) is 0 Å². The van der Waals surface area contributed by atoms with E-state index in [-0.39, 0.29) is 5.75 Å². The molecule has 0 aromatic carbocycles. The van der Waals surface area contributed by atoms with E-state index in [1.165, 1.54) is 11.3 Å². The second kappa shape index (κ2) is 4.17. The highest BCUT2D eigenvalue weighted by Crippen LogP contribution is 2.26. The van der Waals surface area contributed by atoms with E-state index >= 15 is 0 Å². The monoisotopic (exact) mass is 258 g/mol. The SMILES string of the molecule is Cc1sc(CCS(=O)(=O)Cl)cc1Cl. The number of thiophene rings is 1. The van der Waals surface area contributed by atoms with Crippen LogP contribution in [0.4, 0.5) is 0 Å². The zero-order chi connectivity index (χ0) is 10.1. The van der Waals surface area contributed by atoms with Crippen LogP contribution in [0.15, 0.2) is 6.07 Å². The molecule has 0 aliphatic rings. The van der Waals surface area contributed by atoms with Crippen LogP contribution in [-0.4, -0.2) is 14.2 Å². The highest BCUT2D eigenvalue weighted by atomic mass is 35.7. The van der Waals surface area contributed by atoms with Crippen LogP contribution in [0.1, 0.15) is 9.75 Å². The van der Waals surface area contributed by atoms with Gasteiger partial charge in [0.05, 0.1) is 10.8 Å². The van der Waals surface area contributed by atoms with Crippen molar-refractivity contribution in [3.05, 3.63) is 20.8 Å². The zero-order valence-corrected chi connectivity index (χ0v) is 10.0. The lowest BCUT2D eigenvalue weighted by Crippen LogP contribution is -1.99. The van der Waals surface area contributed by atoms with Gasteiger partial charge in [0.1, 0.15) is 0 Å². The molecule has 0 fully saturated rings. The summed E-state index contributed by atoms with van der Waals surface area (Å²) >= 11 is 7.31. The fourth-order valence-corrected chi connectivity index (χ4v) is 2.93. The second-order valence-corrected chi connectivity index (χ2v) is 7.25. The third-order valence-electron chi connectivity index (χ3n) is 1.50. The molecule has 1 heterocycles. The van der Waals surface area contributed by atoms with Gasteiger partial charge < -0.3 is 0 Å². The van der Waals surface area contributed by atoms with Gasteiger partial charge in [-0.2, -0.15) is 0 Å². The summed E-state index contributed by atoms with van der Waals surface area (Å²) in [5.41, 5.74) is 0. The van der Waals surface area contributed by atoms with Gasteiger partial charge in [-0.05, 0) is 19.4 Å². The Morgan fingerprint density at radius 2 is 2.15 bits per heavy atom. The lowest BCUT2D eigenvalue weighted by Gasteiger charge is -1.92. The first-order chi connectivity index (χ1) is 5.88. The van der Waals surface area contributed by atoms with E-state index in [1.807, 2.05) is 6.92 Å². The summed E-state index contributed by atoms with van der Waals surface area (Å²) in [6, 6.07) is 1.78. The van der Waals surface area contributed by atoms with Crippen molar-refractivity contribution in [3.63, 3.8) is 0 Å². The molecule has 1 aromatic heterocycles. The van der Waals surface area contributed by atoms with Crippen LogP contribution < -0.4 is 0 Å². The Balaban J connectivity index is 2.66. The molecule has 0 amide bonds. The maximum atomic E-state index is 10.6. The molecule has 74 valence electrons. The summed E-state index contributed by atoms with van der Waals surface area (Å²) in [6.45, 7) is 1.89. The molecular formula is C7H8Cl2O2S2. The molecule has 0 aliphatic heterocycles. The second-order valence-electron chi connectivity index (χ2n) is 2.61. The van der Waals surface area contributed by atoms with Crippen molar-refractivity contribution in [1.82, 2.24) is 0 Å². The Morgan fingerprint density at radius 3 is 2.54 bits per heavy atom. The highest BCUT2D eigenvalue weighted by molar-refractivity contribution is 8.13. The lowest BCUT2D eigenvalue weighted by molar-refractivity contribution is 0.609. The fourth-order valence-electron chi connectivity index (χ4n) is 0.864. The molecule has 0 radical (unpaired) electrons. The molecule has 0 bridgehead atoms. The molecule has 0 N–H and O–H groups in total. The first-order valence-electron chi connectivity index (χ1n) is 3.55. The van der Waals surface area contributed by atoms with Crippen molar-refractivity contribution in [1.29, 1.82) is 0 Å². The van der Waals surface area contributed by atoms with Crippen LogP contribution in [0.5, 0.6) is 0 Å². The van der Waals surface area contributed by atoms with Crippen molar-refractivity contribution in [2.24, 2.45) is 0 Å². The molecule has 0 saturated heterocycles. The maximum Gasteiger partial charge on any atom is 0.232 e. The van der Waals surface area contributed by atoms with Gasteiger partial charge in [-0.25, -0.2) is 8.42 Å². The molecule has 0 atom stereocenters. The van der Waals surface area contributed by atoms with Gasteiger partial charge in [-0.15, -0.1) is 11.3 Å². The number of rotatable bonds is 3. The normalized spacial score (nSPS) is 11.9. The van der Waals surface area contributed by atoms with Crippen molar-refractivity contribution >= 4 is 42.7 Å². The maximum absolute atomic E-state index is 10.6. The highest BCUT2D eigenvalue weighted by Gasteiger charge is 2.08. The first kappa shape index (κ1) is 11.3. The Bertz CT molecular complexity index is 375. The summed E-state index contributed by atoms with van der Waals surface area (Å²) in [7, 11) is 1.68.